The first-order valence-electron chi connectivity index (χ1n) is 5.32. The zero-order chi connectivity index (χ0) is 13.3. The van der Waals surface area contributed by atoms with Crippen LogP contribution in [0.25, 0.3) is 0 Å². The quantitative estimate of drug-likeness (QED) is 0.547. The molecule has 0 spiro atoms. The molecule has 0 aliphatic carbocycles. The maximum atomic E-state index is 11.2. The van der Waals surface area contributed by atoms with Crippen molar-refractivity contribution in [3.8, 4) is 0 Å². The topological polar surface area (TPSA) is 105 Å². The number of amides is 2. The molecule has 0 aromatic heterocycles. The van der Waals surface area contributed by atoms with Gasteiger partial charge in [-0.1, -0.05) is 6.92 Å². The van der Waals surface area contributed by atoms with Crippen molar-refractivity contribution in [1.29, 1.82) is 0 Å². The summed E-state index contributed by atoms with van der Waals surface area (Å²) in [5, 5.41) is 13.6. The molecule has 0 fully saturated rings. The van der Waals surface area contributed by atoms with Crippen molar-refractivity contribution in [3.05, 3.63) is 0 Å². The second kappa shape index (κ2) is 8.37. The molecular weight excluding hydrogens is 228 g/mol. The molecule has 0 bridgehead atoms. The Balaban J connectivity index is 3.72. The van der Waals surface area contributed by atoms with Crippen LogP contribution in [0, 0.1) is 5.92 Å². The third kappa shape index (κ3) is 7.15. The monoisotopic (exact) mass is 246 g/mol. The highest BCUT2D eigenvalue weighted by Crippen LogP contribution is 1.99. The number of carbonyl (C=O) groups excluding carboxylic acids is 2. The molecule has 17 heavy (non-hydrogen) atoms. The van der Waals surface area contributed by atoms with Crippen molar-refractivity contribution in [1.82, 2.24) is 10.6 Å². The molecule has 0 saturated heterocycles. The van der Waals surface area contributed by atoms with Gasteiger partial charge in [-0.3, -0.25) is 9.59 Å². The third-order valence-electron chi connectivity index (χ3n) is 2.19. The highest BCUT2D eigenvalue weighted by molar-refractivity contribution is 5.76. The van der Waals surface area contributed by atoms with E-state index in [9.17, 15) is 14.4 Å². The molecule has 2 amide bonds. The Labute approximate surface area is 99.5 Å². The number of rotatable bonds is 7. The molecule has 0 saturated carbocycles. The molecule has 1 unspecified atom stereocenters. The van der Waals surface area contributed by atoms with E-state index in [1.807, 2.05) is 0 Å². The molecule has 1 atom stereocenters. The van der Waals surface area contributed by atoms with Crippen molar-refractivity contribution < 1.29 is 24.2 Å². The van der Waals surface area contributed by atoms with Crippen LogP contribution in [0.3, 0.4) is 0 Å². The van der Waals surface area contributed by atoms with Gasteiger partial charge in [-0.05, 0) is 6.42 Å². The zero-order valence-corrected chi connectivity index (χ0v) is 9.99. The van der Waals surface area contributed by atoms with Gasteiger partial charge in [0, 0.05) is 13.1 Å². The largest absolute Gasteiger partial charge is 0.481 e. The first kappa shape index (κ1) is 15.2. The molecule has 0 radical (unpaired) electrons. The molecule has 0 heterocycles. The summed E-state index contributed by atoms with van der Waals surface area (Å²) in [6, 6.07) is -0.492. The first-order valence-corrected chi connectivity index (χ1v) is 5.32. The van der Waals surface area contributed by atoms with Crippen LogP contribution in [0.2, 0.25) is 0 Å². The number of methoxy groups -OCH3 is 1. The number of carboxylic acids is 1. The van der Waals surface area contributed by atoms with Crippen molar-refractivity contribution in [2.45, 2.75) is 19.8 Å². The van der Waals surface area contributed by atoms with Crippen LogP contribution in [0.1, 0.15) is 19.8 Å². The van der Waals surface area contributed by atoms with E-state index in [4.69, 9.17) is 5.11 Å². The smallest absolute Gasteiger partial charge is 0.314 e. The fourth-order valence-corrected chi connectivity index (χ4v) is 1.06. The molecule has 7 heteroatoms. The lowest BCUT2D eigenvalue weighted by molar-refractivity contribution is -0.142. The average Bonchev–Trinajstić information content (AvgIpc) is 2.29. The molecule has 0 aliphatic rings. The number of urea groups is 1. The van der Waals surface area contributed by atoms with Crippen LogP contribution in [0.15, 0.2) is 0 Å². The molecule has 0 aromatic carbocycles. The summed E-state index contributed by atoms with van der Waals surface area (Å²) in [6.07, 6.45) is 0.526. The summed E-state index contributed by atoms with van der Waals surface area (Å²) in [6.45, 7) is 1.95. The molecule has 0 aromatic rings. The Kier molecular flexibility index (Phi) is 7.49. The summed E-state index contributed by atoms with van der Waals surface area (Å²) < 4.78 is 4.39. The number of ether oxygens (including phenoxy) is 1. The van der Waals surface area contributed by atoms with Gasteiger partial charge in [-0.15, -0.1) is 0 Å². The maximum Gasteiger partial charge on any atom is 0.314 e. The van der Waals surface area contributed by atoms with Gasteiger partial charge in [0.05, 0.1) is 19.4 Å². The van der Waals surface area contributed by atoms with E-state index >= 15 is 0 Å². The minimum absolute atomic E-state index is 0.0654. The molecular formula is C10H18N2O5. The molecule has 0 rings (SSSR count). The van der Waals surface area contributed by atoms with Gasteiger partial charge < -0.3 is 20.5 Å². The lowest BCUT2D eigenvalue weighted by Gasteiger charge is -2.11. The van der Waals surface area contributed by atoms with Gasteiger partial charge in [-0.2, -0.15) is 0 Å². The maximum absolute atomic E-state index is 11.2. The van der Waals surface area contributed by atoms with E-state index in [2.05, 4.69) is 15.4 Å². The molecule has 7 nitrogen and oxygen atoms in total. The number of carboxylic acid groups (broad SMARTS) is 1. The minimum atomic E-state index is -0.942. The number of carbonyl (C=O) groups is 3. The standard InChI is InChI=1S/C10H18N2O5/c1-3-7(9(14)15)6-12-10(16)11-5-4-8(13)17-2/h7H,3-6H2,1-2H3,(H,14,15)(H2,11,12,16). The van der Waals surface area contributed by atoms with E-state index < -0.39 is 23.9 Å². The SMILES string of the molecule is CCC(CNC(=O)NCCC(=O)OC)C(=O)O. The molecule has 0 aliphatic heterocycles. The van der Waals surface area contributed by atoms with Crippen LogP contribution in [0.4, 0.5) is 4.79 Å². The van der Waals surface area contributed by atoms with Crippen LogP contribution in [0.5, 0.6) is 0 Å². The summed E-state index contributed by atoms with van der Waals surface area (Å²) in [5.74, 6) is -1.95. The van der Waals surface area contributed by atoms with Crippen molar-refractivity contribution >= 4 is 18.0 Å². The Bertz CT molecular complexity index is 280. The third-order valence-corrected chi connectivity index (χ3v) is 2.19. The van der Waals surface area contributed by atoms with Crippen molar-refractivity contribution in [2.75, 3.05) is 20.2 Å². The Hall–Kier alpha value is -1.79. The number of hydrogen-bond acceptors (Lipinski definition) is 4. The predicted molar refractivity (Wildman–Crippen MR) is 59.5 cm³/mol. The molecule has 98 valence electrons. The number of nitrogens with one attached hydrogen (secondary N) is 2. The predicted octanol–water partition coefficient (Wildman–Crippen LogP) is -0.0405. The van der Waals surface area contributed by atoms with Crippen LogP contribution in [-0.4, -0.2) is 43.3 Å². The van der Waals surface area contributed by atoms with Gasteiger partial charge in [-0.25, -0.2) is 4.79 Å². The lowest BCUT2D eigenvalue weighted by atomic mass is 10.1. The van der Waals surface area contributed by atoms with Crippen LogP contribution in [-0.2, 0) is 14.3 Å². The van der Waals surface area contributed by atoms with Gasteiger partial charge in [0.15, 0.2) is 0 Å². The van der Waals surface area contributed by atoms with Crippen LogP contribution >= 0.6 is 0 Å². The van der Waals surface area contributed by atoms with Gasteiger partial charge in [0.2, 0.25) is 0 Å². The number of esters is 1. The average molecular weight is 246 g/mol. The number of hydrogen-bond donors (Lipinski definition) is 3. The fraction of sp³-hybridized carbons (Fsp3) is 0.700. The summed E-state index contributed by atoms with van der Waals surface area (Å²) in [5.41, 5.74) is 0. The number of aliphatic carboxylic acids is 1. The molecule has 3 N–H and O–H groups in total. The Morgan fingerprint density at radius 2 is 1.94 bits per heavy atom. The lowest BCUT2D eigenvalue weighted by Crippen LogP contribution is -2.40. The fourth-order valence-electron chi connectivity index (χ4n) is 1.06. The highest BCUT2D eigenvalue weighted by Gasteiger charge is 2.15. The normalized spacial score (nSPS) is 11.4. The van der Waals surface area contributed by atoms with Crippen LogP contribution < -0.4 is 10.6 Å². The highest BCUT2D eigenvalue weighted by atomic mass is 16.5. The Morgan fingerprint density at radius 3 is 2.41 bits per heavy atom. The van der Waals surface area contributed by atoms with E-state index in [1.54, 1.807) is 6.92 Å². The zero-order valence-electron chi connectivity index (χ0n) is 9.99. The van der Waals surface area contributed by atoms with Gasteiger partial charge in [0.1, 0.15) is 0 Å². The van der Waals surface area contributed by atoms with E-state index in [1.165, 1.54) is 7.11 Å². The summed E-state index contributed by atoms with van der Waals surface area (Å²) in [4.78, 5) is 32.6. The van der Waals surface area contributed by atoms with E-state index in [0.29, 0.717) is 6.42 Å². The van der Waals surface area contributed by atoms with Crippen molar-refractivity contribution in [2.24, 2.45) is 5.92 Å². The Morgan fingerprint density at radius 1 is 1.29 bits per heavy atom. The van der Waals surface area contributed by atoms with E-state index in [-0.39, 0.29) is 19.5 Å². The minimum Gasteiger partial charge on any atom is -0.481 e. The second-order valence-electron chi connectivity index (χ2n) is 3.41. The van der Waals surface area contributed by atoms with Crippen molar-refractivity contribution in [3.63, 3.8) is 0 Å². The summed E-state index contributed by atoms with van der Waals surface area (Å²) in [7, 11) is 1.26. The van der Waals surface area contributed by atoms with E-state index in [0.717, 1.165) is 0 Å². The first-order chi connectivity index (χ1) is 8.01. The van der Waals surface area contributed by atoms with Gasteiger partial charge >= 0.3 is 18.0 Å². The summed E-state index contributed by atoms with van der Waals surface area (Å²) >= 11 is 0. The second-order valence-corrected chi connectivity index (χ2v) is 3.41. The van der Waals surface area contributed by atoms with Gasteiger partial charge in [0.25, 0.3) is 0 Å².